The lowest BCUT2D eigenvalue weighted by Crippen LogP contribution is -2.28. The van der Waals surface area contributed by atoms with E-state index < -0.39 is 4.92 Å². The highest BCUT2D eigenvalue weighted by molar-refractivity contribution is 5.48. The summed E-state index contributed by atoms with van der Waals surface area (Å²) in [5.74, 6) is 0.619. The van der Waals surface area contributed by atoms with Gasteiger partial charge in [-0.1, -0.05) is 19.9 Å². The molecule has 0 bridgehead atoms. The van der Waals surface area contributed by atoms with Crippen molar-refractivity contribution in [1.82, 2.24) is 0 Å². The van der Waals surface area contributed by atoms with Crippen LogP contribution in [0.25, 0.3) is 0 Å². The van der Waals surface area contributed by atoms with E-state index in [4.69, 9.17) is 10.5 Å². The summed E-state index contributed by atoms with van der Waals surface area (Å²) in [6, 6.07) is 4.96. The largest absolute Gasteiger partial charge is 0.490 e. The predicted molar refractivity (Wildman–Crippen MR) is 66.2 cm³/mol. The monoisotopic (exact) mass is 238 g/mol. The van der Waals surface area contributed by atoms with Gasteiger partial charge in [-0.05, 0) is 24.0 Å². The third kappa shape index (κ3) is 3.42. The Hall–Kier alpha value is -1.62. The van der Waals surface area contributed by atoms with Gasteiger partial charge >= 0.3 is 5.69 Å². The predicted octanol–water partition coefficient (Wildman–Crippen LogP) is 2.13. The van der Waals surface area contributed by atoms with Gasteiger partial charge in [-0.2, -0.15) is 0 Å². The molecule has 0 aliphatic carbocycles. The zero-order valence-electron chi connectivity index (χ0n) is 10.3. The first-order chi connectivity index (χ1) is 7.95. The maximum atomic E-state index is 10.8. The molecule has 0 fully saturated rings. The lowest BCUT2D eigenvalue weighted by Gasteiger charge is -2.15. The van der Waals surface area contributed by atoms with Crippen LogP contribution in [0.2, 0.25) is 0 Å². The summed E-state index contributed by atoms with van der Waals surface area (Å²) in [4.78, 5) is 10.4. The van der Waals surface area contributed by atoms with Crippen molar-refractivity contribution in [1.29, 1.82) is 0 Å². The summed E-state index contributed by atoms with van der Waals surface area (Å²) >= 11 is 0. The van der Waals surface area contributed by atoms with Crippen LogP contribution in [0.3, 0.4) is 0 Å². The van der Waals surface area contributed by atoms with Gasteiger partial charge in [0.2, 0.25) is 0 Å². The van der Waals surface area contributed by atoms with Crippen LogP contribution in [0.15, 0.2) is 18.2 Å². The SMILES string of the molecule is COc1ccc(CC(N)C(C)C)cc1[N+](=O)[O-]. The summed E-state index contributed by atoms with van der Waals surface area (Å²) in [7, 11) is 1.42. The Labute approximate surface area is 101 Å². The molecule has 0 radical (unpaired) electrons. The Balaban J connectivity index is 2.96. The molecule has 0 amide bonds. The van der Waals surface area contributed by atoms with Crippen molar-refractivity contribution in [3.63, 3.8) is 0 Å². The molecule has 94 valence electrons. The van der Waals surface area contributed by atoms with E-state index in [1.165, 1.54) is 13.2 Å². The highest BCUT2D eigenvalue weighted by Crippen LogP contribution is 2.28. The summed E-state index contributed by atoms with van der Waals surface area (Å²) in [6.45, 7) is 4.06. The van der Waals surface area contributed by atoms with Gasteiger partial charge in [-0.25, -0.2) is 0 Å². The number of nitro groups is 1. The third-order valence-corrected chi connectivity index (χ3v) is 2.77. The Morgan fingerprint density at radius 3 is 2.59 bits per heavy atom. The molecule has 0 aliphatic rings. The average Bonchev–Trinajstić information content (AvgIpc) is 2.28. The summed E-state index contributed by atoms with van der Waals surface area (Å²) in [6.07, 6.45) is 0.627. The summed E-state index contributed by atoms with van der Waals surface area (Å²) in [5, 5.41) is 10.8. The normalized spacial score (nSPS) is 12.5. The van der Waals surface area contributed by atoms with Crippen molar-refractivity contribution in [3.8, 4) is 5.75 Å². The van der Waals surface area contributed by atoms with Crippen LogP contribution < -0.4 is 10.5 Å². The van der Waals surface area contributed by atoms with E-state index in [1.807, 2.05) is 19.9 Å². The molecule has 1 unspecified atom stereocenters. The fourth-order valence-electron chi connectivity index (χ4n) is 1.51. The Morgan fingerprint density at radius 1 is 1.47 bits per heavy atom. The minimum Gasteiger partial charge on any atom is -0.490 e. The number of hydrogen-bond donors (Lipinski definition) is 1. The van der Waals surface area contributed by atoms with Gasteiger partial charge in [0.05, 0.1) is 12.0 Å². The van der Waals surface area contributed by atoms with Crippen molar-refractivity contribution in [2.75, 3.05) is 7.11 Å². The second-order valence-electron chi connectivity index (χ2n) is 4.38. The van der Waals surface area contributed by atoms with Gasteiger partial charge in [0, 0.05) is 12.1 Å². The van der Waals surface area contributed by atoms with Crippen LogP contribution in [-0.2, 0) is 6.42 Å². The highest BCUT2D eigenvalue weighted by atomic mass is 16.6. The molecule has 0 aromatic heterocycles. The van der Waals surface area contributed by atoms with E-state index in [2.05, 4.69) is 0 Å². The topological polar surface area (TPSA) is 78.4 Å². The van der Waals surface area contributed by atoms with Crippen LogP contribution in [-0.4, -0.2) is 18.1 Å². The Kier molecular flexibility index (Phi) is 4.45. The molecular formula is C12H18N2O3. The van der Waals surface area contributed by atoms with Crippen molar-refractivity contribution in [2.45, 2.75) is 26.3 Å². The molecular weight excluding hydrogens is 220 g/mol. The summed E-state index contributed by atoms with van der Waals surface area (Å²) < 4.78 is 4.94. The van der Waals surface area contributed by atoms with Gasteiger partial charge in [-0.15, -0.1) is 0 Å². The number of nitro benzene ring substituents is 1. The lowest BCUT2D eigenvalue weighted by molar-refractivity contribution is -0.385. The molecule has 0 aliphatic heterocycles. The van der Waals surface area contributed by atoms with Crippen molar-refractivity contribution >= 4 is 5.69 Å². The van der Waals surface area contributed by atoms with Crippen LogP contribution >= 0.6 is 0 Å². The van der Waals surface area contributed by atoms with E-state index >= 15 is 0 Å². The molecule has 5 nitrogen and oxygen atoms in total. The highest BCUT2D eigenvalue weighted by Gasteiger charge is 2.17. The molecule has 17 heavy (non-hydrogen) atoms. The second kappa shape index (κ2) is 5.63. The molecule has 1 atom stereocenters. The van der Waals surface area contributed by atoms with Crippen molar-refractivity contribution in [3.05, 3.63) is 33.9 Å². The van der Waals surface area contributed by atoms with E-state index in [1.54, 1.807) is 6.07 Å². The third-order valence-electron chi connectivity index (χ3n) is 2.77. The first-order valence-electron chi connectivity index (χ1n) is 5.52. The van der Waals surface area contributed by atoms with Crippen molar-refractivity contribution in [2.24, 2.45) is 11.7 Å². The zero-order chi connectivity index (χ0) is 13.0. The van der Waals surface area contributed by atoms with Crippen molar-refractivity contribution < 1.29 is 9.66 Å². The number of ether oxygens (including phenoxy) is 1. The molecule has 1 aromatic carbocycles. The minimum atomic E-state index is -0.441. The quantitative estimate of drug-likeness (QED) is 0.629. The van der Waals surface area contributed by atoms with Gasteiger partial charge in [0.1, 0.15) is 0 Å². The van der Waals surface area contributed by atoms with Gasteiger partial charge in [-0.3, -0.25) is 10.1 Å². The molecule has 5 heteroatoms. The Morgan fingerprint density at radius 2 is 2.12 bits per heavy atom. The molecule has 1 aromatic rings. The minimum absolute atomic E-state index is 0.00278. The van der Waals surface area contributed by atoms with E-state index in [0.29, 0.717) is 12.3 Å². The first-order valence-corrected chi connectivity index (χ1v) is 5.52. The smallest absolute Gasteiger partial charge is 0.311 e. The standard InChI is InChI=1S/C12H18N2O3/c1-8(2)10(13)6-9-4-5-12(17-3)11(7-9)14(15)16/h4-5,7-8,10H,6,13H2,1-3H3. The van der Waals surface area contributed by atoms with E-state index in [0.717, 1.165) is 5.56 Å². The Bertz CT molecular complexity index is 405. The van der Waals surface area contributed by atoms with Crippen LogP contribution in [0.4, 0.5) is 5.69 Å². The number of methoxy groups -OCH3 is 1. The number of nitrogens with two attached hydrogens (primary N) is 1. The maximum Gasteiger partial charge on any atom is 0.311 e. The first kappa shape index (κ1) is 13.4. The number of benzene rings is 1. The molecule has 0 spiro atoms. The lowest BCUT2D eigenvalue weighted by atomic mass is 9.97. The average molecular weight is 238 g/mol. The molecule has 0 saturated heterocycles. The zero-order valence-corrected chi connectivity index (χ0v) is 10.3. The van der Waals surface area contributed by atoms with Gasteiger partial charge in [0.25, 0.3) is 0 Å². The molecule has 2 N–H and O–H groups in total. The van der Waals surface area contributed by atoms with Crippen LogP contribution in [0.1, 0.15) is 19.4 Å². The fraction of sp³-hybridized carbons (Fsp3) is 0.500. The fourth-order valence-corrected chi connectivity index (χ4v) is 1.51. The van der Waals surface area contributed by atoms with Gasteiger partial charge in [0.15, 0.2) is 5.75 Å². The number of rotatable bonds is 5. The number of hydrogen-bond acceptors (Lipinski definition) is 4. The summed E-state index contributed by atoms with van der Waals surface area (Å²) in [5.41, 5.74) is 6.79. The molecule has 1 rings (SSSR count). The molecule has 0 heterocycles. The second-order valence-corrected chi connectivity index (χ2v) is 4.38. The van der Waals surface area contributed by atoms with Crippen LogP contribution in [0.5, 0.6) is 5.75 Å². The van der Waals surface area contributed by atoms with Crippen LogP contribution in [0, 0.1) is 16.0 Å². The van der Waals surface area contributed by atoms with E-state index in [9.17, 15) is 10.1 Å². The number of nitrogens with zero attached hydrogens (tertiary/aromatic N) is 1. The maximum absolute atomic E-state index is 10.8. The molecule has 0 saturated carbocycles. The van der Waals surface area contributed by atoms with Gasteiger partial charge < -0.3 is 10.5 Å². The van der Waals surface area contributed by atoms with E-state index in [-0.39, 0.29) is 17.5 Å².